The summed E-state index contributed by atoms with van der Waals surface area (Å²) in [6, 6.07) is 4.13. The summed E-state index contributed by atoms with van der Waals surface area (Å²) < 4.78 is 5.97. The van der Waals surface area contributed by atoms with Crippen LogP contribution in [0.2, 0.25) is 0 Å². The number of hydrogen-bond donors (Lipinski definition) is 0. The fourth-order valence-corrected chi connectivity index (χ4v) is 3.59. The molecule has 0 aliphatic carbocycles. The molecule has 2 nitrogen and oxygen atoms in total. The molecule has 0 fully saturated rings. The van der Waals surface area contributed by atoms with E-state index in [0.717, 1.165) is 12.8 Å². The highest BCUT2D eigenvalue weighted by atomic mass is 32.2. The van der Waals surface area contributed by atoms with Crippen molar-refractivity contribution >= 4 is 29.1 Å². The second-order valence-corrected chi connectivity index (χ2v) is 5.79. The average molecular weight is 244 g/mol. The highest BCUT2D eigenvalue weighted by molar-refractivity contribution is 8.01. The summed E-state index contributed by atoms with van der Waals surface area (Å²) in [6.07, 6.45) is 2.66. The van der Waals surface area contributed by atoms with Crippen molar-refractivity contribution in [3.63, 3.8) is 0 Å². The Kier molecular flexibility index (Phi) is 5.79. The smallest absolute Gasteiger partial charge is 0.306 e. The van der Waals surface area contributed by atoms with Crippen molar-refractivity contribution < 1.29 is 9.53 Å². The number of esters is 1. The molecule has 0 aliphatic heterocycles. The van der Waals surface area contributed by atoms with E-state index < -0.39 is 0 Å². The lowest BCUT2D eigenvalue weighted by Gasteiger charge is -2.12. The van der Waals surface area contributed by atoms with E-state index in [9.17, 15) is 4.79 Å². The standard InChI is InChI=1S/C11H16O2S2/c1-3-5-9(8-10(12)13-2)15-11-6-4-7-14-11/h4,6-7,9H,3,5,8H2,1-2H3. The zero-order chi connectivity index (χ0) is 11.1. The molecule has 0 saturated heterocycles. The highest BCUT2D eigenvalue weighted by Crippen LogP contribution is 2.31. The number of carbonyl (C=O) groups excluding carboxylic acids is 1. The van der Waals surface area contributed by atoms with Gasteiger partial charge >= 0.3 is 5.97 Å². The van der Waals surface area contributed by atoms with Crippen LogP contribution in [0.1, 0.15) is 26.2 Å². The van der Waals surface area contributed by atoms with E-state index in [1.807, 2.05) is 6.07 Å². The molecule has 0 aromatic carbocycles. The summed E-state index contributed by atoms with van der Waals surface area (Å²) in [5, 5.41) is 2.41. The van der Waals surface area contributed by atoms with E-state index in [-0.39, 0.29) is 5.97 Å². The number of hydrogen-bond acceptors (Lipinski definition) is 4. The molecule has 0 amide bonds. The Balaban J connectivity index is 2.46. The molecule has 0 radical (unpaired) electrons. The summed E-state index contributed by atoms with van der Waals surface area (Å²) in [4.78, 5) is 11.2. The normalized spacial score (nSPS) is 12.4. The van der Waals surface area contributed by atoms with Crippen LogP contribution in [0.5, 0.6) is 0 Å². The van der Waals surface area contributed by atoms with E-state index in [0.29, 0.717) is 11.7 Å². The molecular weight excluding hydrogens is 228 g/mol. The first kappa shape index (κ1) is 12.6. The quantitative estimate of drug-likeness (QED) is 0.565. The van der Waals surface area contributed by atoms with Gasteiger partial charge in [0.1, 0.15) is 0 Å². The van der Waals surface area contributed by atoms with Crippen LogP contribution in [-0.4, -0.2) is 18.3 Å². The number of thioether (sulfide) groups is 1. The van der Waals surface area contributed by atoms with Gasteiger partial charge in [-0.15, -0.1) is 23.1 Å². The summed E-state index contributed by atoms with van der Waals surface area (Å²) in [7, 11) is 1.45. The maximum Gasteiger partial charge on any atom is 0.306 e. The topological polar surface area (TPSA) is 26.3 Å². The lowest BCUT2D eigenvalue weighted by atomic mass is 10.2. The monoisotopic (exact) mass is 244 g/mol. The molecule has 0 spiro atoms. The molecule has 0 saturated carbocycles. The van der Waals surface area contributed by atoms with Gasteiger partial charge in [0, 0.05) is 5.25 Å². The van der Waals surface area contributed by atoms with Gasteiger partial charge in [0.2, 0.25) is 0 Å². The Hall–Kier alpha value is -0.480. The molecular formula is C11H16O2S2. The largest absolute Gasteiger partial charge is 0.469 e. The van der Waals surface area contributed by atoms with Crippen molar-refractivity contribution in [1.82, 2.24) is 0 Å². The summed E-state index contributed by atoms with van der Waals surface area (Å²) >= 11 is 3.50. The Labute approximate surface area is 99.0 Å². The maximum absolute atomic E-state index is 11.2. The summed E-state index contributed by atoms with van der Waals surface area (Å²) in [5.74, 6) is -0.113. The highest BCUT2D eigenvalue weighted by Gasteiger charge is 2.15. The van der Waals surface area contributed by atoms with Crippen LogP contribution >= 0.6 is 23.1 Å². The second-order valence-electron chi connectivity index (χ2n) is 3.24. The van der Waals surface area contributed by atoms with Crippen molar-refractivity contribution in [3.8, 4) is 0 Å². The molecule has 0 aliphatic rings. The predicted octanol–water partition coefficient (Wildman–Crippen LogP) is 3.57. The third kappa shape index (κ3) is 4.71. The van der Waals surface area contributed by atoms with Crippen molar-refractivity contribution in [2.24, 2.45) is 0 Å². The maximum atomic E-state index is 11.2. The molecule has 1 aromatic heterocycles. The van der Waals surface area contributed by atoms with E-state index in [1.54, 1.807) is 23.1 Å². The molecule has 1 rings (SSSR count). The minimum Gasteiger partial charge on any atom is -0.469 e. The van der Waals surface area contributed by atoms with Crippen molar-refractivity contribution in [2.75, 3.05) is 7.11 Å². The second kappa shape index (κ2) is 6.90. The summed E-state index contributed by atoms with van der Waals surface area (Å²) in [6.45, 7) is 2.14. The number of carbonyl (C=O) groups is 1. The fourth-order valence-electron chi connectivity index (χ4n) is 1.29. The first-order chi connectivity index (χ1) is 7.26. The molecule has 1 aromatic rings. The van der Waals surface area contributed by atoms with Crippen LogP contribution in [0.3, 0.4) is 0 Å². The fraction of sp³-hybridized carbons (Fsp3) is 0.545. The predicted molar refractivity (Wildman–Crippen MR) is 65.5 cm³/mol. The van der Waals surface area contributed by atoms with Gasteiger partial charge in [-0.2, -0.15) is 0 Å². The number of rotatable bonds is 6. The van der Waals surface area contributed by atoms with Gasteiger partial charge in [0.05, 0.1) is 17.7 Å². The van der Waals surface area contributed by atoms with Gasteiger partial charge < -0.3 is 4.74 Å². The lowest BCUT2D eigenvalue weighted by Crippen LogP contribution is -2.11. The molecule has 15 heavy (non-hydrogen) atoms. The van der Waals surface area contributed by atoms with Crippen LogP contribution in [0.4, 0.5) is 0 Å². The van der Waals surface area contributed by atoms with Crippen LogP contribution in [0.25, 0.3) is 0 Å². The van der Waals surface area contributed by atoms with Gasteiger partial charge in [-0.25, -0.2) is 0 Å². The number of methoxy groups -OCH3 is 1. The van der Waals surface area contributed by atoms with Gasteiger partial charge in [0.25, 0.3) is 0 Å². The van der Waals surface area contributed by atoms with E-state index in [4.69, 9.17) is 4.74 Å². The molecule has 0 N–H and O–H groups in total. The minimum atomic E-state index is -0.113. The zero-order valence-corrected chi connectivity index (χ0v) is 10.7. The van der Waals surface area contributed by atoms with Crippen molar-refractivity contribution in [2.45, 2.75) is 35.6 Å². The van der Waals surface area contributed by atoms with Gasteiger partial charge in [-0.3, -0.25) is 4.79 Å². The van der Waals surface area contributed by atoms with Gasteiger partial charge in [0.15, 0.2) is 0 Å². The third-order valence-corrected chi connectivity index (χ3v) is 4.35. The molecule has 4 heteroatoms. The van der Waals surface area contributed by atoms with Crippen LogP contribution < -0.4 is 0 Å². The molecule has 1 atom stereocenters. The SMILES string of the molecule is CCCC(CC(=O)OC)Sc1cccs1. The Morgan fingerprint density at radius 1 is 1.67 bits per heavy atom. The van der Waals surface area contributed by atoms with Gasteiger partial charge in [-0.05, 0) is 17.9 Å². The number of ether oxygens (including phenoxy) is 1. The van der Waals surface area contributed by atoms with E-state index in [2.05, 4.69) is 18.4 Å². The van der Waals surface area contributed by atoms with Crippen LogP contribution in [0.15, 0.2) is 21.7 Å². The van der Waals surface area contributed by atoms with Crippen molar-refractivity contribution in [1.29, 1.82) is 0 Å². The van der Waals surface area contributed by atoms with E-state index in [1.165, 1.54) is 11.3 Å². The van der Waals surface area contributed by atoms with Crippen molar-refractivity contribution in [3.05, 3.63) is 17.5 Å². The first-order valence-corrected chi connectivity index (χ1v) is 6.79. The molecule has 84 valence electrons. The first-order valence-electron chi connectivity index (χ1n) is 5.03. The third-order valence-electron chi connectivity index (χ3n) is 2.01. The Morgan fingerprint density at radius 3 is 3.00 bits per heavy atom. The molecule has 1 heterocycles. The van der Waals surface area contributed by atoms with Crippen LogP contribution in [-0.2, 0) is 9.53 Å². The van der Waals surface area contributed by atoms with Gasteiger partial charge in [-0.1, -0.05) is 19.4 Å². The molecule has 0 bridgehead atoms. The number of thiophene rings is 1. The zero-order valence-electron chi connectivity index (χ0n) is 9.06. The minimum absolute atomic E-state index is 0.113. The Bertz CT molecular complexity index is 283. The summed E-state index contributed by atoms with van der Waals surface area (Å²) in [5.41, 5.74) is 0. The van der Waals surface area contributed by atoms with Crippen LogP contribution in [0, 0.1) is 0 Å². The average Bonchev–Trinajstić information content (AvgIpc) is 2.70. The van der Waals surface area contributed by atoms with E-state index >= 15 is 0 Å². The lowest BCUT2D eigenvalue weighted by molar-refractivity contribution is -0.140. The Morgan fingerprint density at radius 2 is 2.47 bits per heavy atom. The molecule has 1 unspecified atom stereocenters.